The summed E-state index contributed by atoms with van der Waals surface area (Å²) in [6.07, 6.45) is 1.20. The molecule has 25 heavy (non-hydrogen) atoms. The van der Waals surface area contributed by atoms with E-state index in [1.165, 1.54) is 0 Å². The Kier molecular flexibility index (Phi) is 6.13. The van der Waals surface area contributed by atoms with Gasteiger partial charge in [0.15, 0.2) is 0 Å². The van der Waals surface area contributed by atoms with E-state index >= 15 is 0 Å². The average molecular weight is 365 g/mol. The number of amides is 1. The van der Waals surface area contributed by atoms with Crippen LogP contribution in [0.5, 0.6) is 0 Å². The lowest BCUT2D eigenvalue weighted by Crippen LogP contribution is -3.14. The number of carbonyl (C=O) groups excluding carboxylic acids is 1. The number of benzene rings is 1. The Bertz CT molecular complexity index is 702. The van der Waals surface area contributed by atoms with Crippen LogP contribution in [0.2, 0.25) is 0 Å². The van der Waals surface area contributed by atoms with Crippen LogP contribution in [-0.4, -0.2) is 35.0 Å². The first kappa shape index (κ1) is 18.9. The maximum absolute atomic E-state index is 12.4. The number of quaternary nitrogens is 1. The molecule has 0 bridgehead atoms. The third kappa shape index (κ3) is 4.36. The molecule has 1 saturated heterocycles. The molecule has 2 heterocycles. The van der Waals surface area contributed by atoms with E-state index in [9.17, 15) is 10.0 Å². The van der Waals surface area contributed by atoms with E-state index in [1.807, 2.05) is 11.0 Å². The second kappa shape index (κ2) is 8.11. The number of rotatable bonds is 3. The molecule has 0 aliphatic carbocycles. The van der Waals surface area contributed by atoms with Crippen molar-refractivity contribution < 1.29 is 9.86 Å². The summed E-state index contributed by atoms with van der Waals surface area (Å²) in [5, 5.41) is 12.1. The van der Waals surface area contributed by atoms with Gasteiger partial charge in [-0.25, -0.2) is 4.79 Å². The summed E-state index contributed by atoms with van der Waals surface area (Å²) in [5.74, 6) is 0.683. The standard InChI is InChI=1S/C16H20N6O2.ClH/c17-13-10-14(20-16(18)19-13)21-8-6-12(7-9-21)22(24)15(23)11-4-2-1-3-5-11;/h1-5,10,12,22H,6-9H2,(H4,17,18,19,20);1H. The van der Waals surface area contributed by atoms with E-state index in [0.29, 0.717) is 43.1 Å². The molecule has 1 aliphatic heterocycles. The van der Waals surface area contributed by atoms with Gasteiger partial charge in [-0.2, -0.15) is 9.97 Å². The molecule has 0 radical (unpaired) electrons. The van der Waals surface area contributed by atoms with Gasteiger partial charge < -0.3 is 26.6 Å². The second-order valence-electron chi connectivity index (χ2n) is 5.83. The van der Waals surface area contributed by atoms with Crippen molar-refractivity contribution in [3.05, 3.63) is 47.2 Å². The number of hydrogen-bond donors (Lipinski definition) is 3. The molecule has 1 aliphatic rings. The number of nitrogens with two attached hydrogens (primary N) is 2. The van der Waals surface area contributed by atoms with Crippen molar-refractivity contribution in [1.29, 1.82) is 0 Å². The molecule has 9 heteroatoms. The molecular formula is C16H21ClN6O2. The number of nitrogens with zero attached hydrogens (tertiary/aromatic N) is 3. The normalized spacial score (nSPS) is 16.1. The molecular weight excluding hydrogens is 344 g/mol. The quantitative estimate of drug-likeness (QED) is 0.666. The number of nitrogens with one attached hydrogen (secondary N) is 1. The molecule has 8 nitrogen and oxygen atoms in total. The van der Waals surface area contributed by atoms with E-state index in [-0.39, 0.29) is 29.5 Å². The Balaban J connectivity index is 0.00000225. The molecule has 1 atom stereocenters. The number of anilines is 3. The Morgan fingerprint density at radius 1 is 1.16 bits per heavy atom. The number of hydroxylamine groups is 2. The van der Waals surface area contributed by atoms with Crippen LogP contribution in [0.3, 0.4) is 0 Å². The Morgan fingerprint density at radius 2 is 1.80 bits per heavy atom. The number of carbonyl (C=O) groups is 1. The number of hydrogen-bond acceptors (Lipinski definition) is 7. The van der Waals surface area contributed by atoms with E-state index in [0.717, 1.165) is 0 Å². The predicted octanol–water partition coefficient (Wildman–Crippen LogP) is 0.255. The number of aromatic nitrogens is 2. The zero-order valence-electron chi connectivity index (χ0n) is 13.6. The minimum Gasteiger partial charge on any atom is -0.626 e. The van der Waals surface area contributed by atoms with Crippen LogP contribution in [-0.2, 0) is 0 Å². The maximum atomic E-state index is 12.4. The summed E-state index contributed by atoms with van der Waals surface area (Å²) in [7, 11) is 0. The molecule has 2 aromatic rings. The van der Waals surface area contributed by atoms with Crippen molar-refractivity contribution in [3.63, 3.8) is 0 Å². The van der Waals surface area contributed by atoms with Crippen molar-refractivity contribution in [2.45, 2.75) is 18.9 Å². The fourth-order valence-electron chi connectivity index (χ4n) is 2.92. The summed E-state index contributed by atoms with van der Waals surface area (Å²) in [6.45, 7) is 1.24. The van der Waals surface area contributed by atoms with Crippen LogP contribution < -0.4 is 21.4 Å². The van der Waals surface area contributed by atoms with Gasteiger partial charge in [0.1, 0.15) is 11.6 Å². The highest BCUT2D eigenvalue weighted by molar-refractivity contribution is 5.87. The van der Waals surface area contributed by atoms with E-state index in [2.05, 4.69) is 9.97 Å². The molecule has 3 rings (SSSR count). The minimum atomic E-state index is -0.412. The lowest BCUT2D eigenvalue weighted by Gasteiger charge is -2.37. The molecule has 134 valence electrons. The number of nitrogen functional groups attached to an aromatic ring is 2. The molecule has 0 saturated carbocycles. The summed E-state index contributed by atoms with van der Waals surface area (Å²) < 4.78 is 0. The van der Waals surface area contributed by atoms with Gasteiger partial charge in [0, 0.05) is 32.0 Å². The van der Waals surface area contributed by atoms with E-state index in [1.54, 1.807) is 30.3 Å². The maximum Gasteiger partial charge on any atom is 0.344 e. The minimum absolute atomic E-state index is 0. The molecule has 1 amide bonds. The zero-order chi connectivity index (χ0) is 17.1. The van der Waals surface area contributed by atoms with Crippen LogP contribution >= 0.6 is 12.4 Å². The van der Waals surface area contributed by atoms with Crippen LogP contribution in [0.1, 0.15) is 23.2 Å². The van der Waals surface area contributed by atoms with Gasteiger partial charge in [-0.1, -0.05) is 18.2 Å². The molecule has 1 fully saturated rings. The van der Waals surface area contributed by atoms with Gasteiger partial charge in [-0.15, -0.1) is 12.4 Å². The monoisotopic (exact) mass is 364 g/mol. The third-order valence-corrected chi connectivity index (χ3v) is 4.20. The topological polar surface area (TPSA) is 126 Å². The van der Waals surface area contributed by atoms with Gasteiger partial charge in [0.2, 0.25) is 5.95 Å². The summed E-state index contributed by atoms with van der Waals surface area (Å²) in [5.41, 5.74) is 11.8. The second-order valence-corrected chi connectivity index (χ2v) is 5.83. The molecule has 1 unspecified atom stereocenters. The number of halogens is 1. The first-order chi connectivity index (χ1) is 11.5. The Labute approximate surface area is 151 Å². The highest BCUT2D eigenvalue weighted by Gasteiger charge is 2.29. The lowest BCUT2D eigenvalue weighted by atomic mass is 10.0. The van der Waals surface area contributed by atoms with Gasteiger partial charge in [0.25, 0.3) is 0 Å². The van der Waals surface area contributed by atoms with Crippen molar-refractivity contribution in [2.75, 3.05) is 29.5 Å². The molecule has 5 N–H and O–H groups in total. The summed E-state index contributed by atoms with van der Waals surface area (Å²) >= 11 is 0. The first-order valence-electron chi connectivity index (χ1n) is 7.83. The van der Waals surface area contributed by atoms with Crippen molar-refractivity contribution in [1.82, 2.24) is 9.97 Å². The van der Waals surface area contributed by atoms with Crippen molar-refractivity contribution in [3.8, 4) is 0 Å². The number of piperidine rings is 1. The van der Waals surface area contributed by atoms with Gasteiger partial charge in [0.05, 0.1) is 11.6 Å². The predicted molar refractivity (Wildman–Crippen MR) is 98.4 cm³/mol. The van der Waals surface area contributed by atoms with Crippen LogP contribution in [0.25, 0.3) is 0 Å². The van der Waals surface area contributed by atoms with E-state index in [4.69, 9.17) is 11.5 Å². The van der Waals surface area contributed by atoms with Crippen molar-refractivity contribution in [2.24, 2.45) is 0 Å². The first-order valence-corrected chi connectivity index (χ1v) is 7.83. The smallest absolute Gasteiger partial charge is 0.344 e. The fourth-order valence-corrected chi connectivity index (χ4v) is 2.92. The zero-order valence-corrected chi connectivity index (χ0v) is 14.4. The average Bonchev–Trinajstić information content (AvgIpc) is 2.60. The van der Waals surface area contributed by atoms with Crippen LogP contribution in [0.4, 0.5) is 17.6 Å². The van der Waals surface area contributed by atoms with Crippen LogP contribution in [0.15, 0.2) is 36.4 Å². The van der Waals surface area contributed by atoms with Gasteiger partial charge >= 0.3 is 5.91 Å². The van der Waals surface area contributed by atoms with E-state index < -0.39 is 5.91 Å². The van der Waals surface area contributed by atoms with Gasteiger partial charge in [-0.05, 0) is 12.1 Å². The SMILES string of the molecule is Cl.Nc1cc(N2CCC([NH+]([O-])C(=O)c3ccccc3)CC2)nc(N)n1. The van der Waals surface area contributed by atoms with Crippen LogP contribution in [0, 0.1) is 5.21 Å². The molecule has 1 aromatic heterocycles. The lowest BCUT2D eigenvalue weighted by molar-refractivity contribution is -0.789. The molecule has 1 aromatic carbocycles. The highest BCUT2D eigenvalue weighted by atomic mass is 35.5. The summed E-state index contributed by atoms with van der Waals surface area (Å²) in [6, 6.07) is 10.1. The summed E-state index contributed by atoms with van der Waals surface area (Å²) in [4.78, 5) is 22.3. The van der Waals surface area contributed by atoms with Crippen molar-refractivity contribution >= 4 is 35.9 Å². The Hall–Kier alpha value is -2.42. The van der Waals surface area contributed by atoms with Gasteiger partial charge in [-0.3, -0.25) is 0 Å². The molecule has 0 spiro atoms. The third-order valence-electron chi connectivity index (χ3n) is 4.20. The Morgan fingerprint density at radius 3 is 2.40 bits per heavy atom. The largest absolute Gasteiger partial charge is 0.626 e. The fraction of sp³-hybridized carbons (Fsp3) is 0.312. The highest BCUT2D eigenvalue weighted by Crippen LogP contribution is 2.19.